The number of carboxylic acid groups (broad SMARTS) is 1. The number of aromatic nitrogens is 2. The van der Waals surface area contributed by atoms with Crippen LogP contribution in [-0.2, 0) is 4.79 Å². The van der Waals surface area contributed by atoms with Crippen molar-refractivity contribution < 1.29 is 9.90 Å². The van der Waals surface area contributed by atoms with E-state index in [1.807, 2.05) is 13.8 Å². The van der Waals surface area contributed by atoms with E-state index in [1.165, 1.54) is 0 Å². The van der Waals surface area contributed by atoms with Gasteiger partial charge in [0, 0.05) is 23.0 Å². The minimum absolute atomic E-state index is 0.497. The van der Waals surface area contributed by atoms with Crippen LogP contribution < -0.4 is 5.32 Å². The quantitative estimate of drug-likeness (QED) is 0.833. The average molecular weight is 235 g/mol. The molecule has 1 aromatic rings. The molecule has 0 aromatic carbocycles. The third-order valence-corrected chi connectivity index (χ3v) is 3.04. The summed E-state index contributed by atoms with van der Waals surface area (Å²) in [5.74, 6) is -0.795. The van der Waals surface area contributed by atoms with Crippen LogP contribution in [0.3, 0.4) is 0 Å². The molecule has 0 bridgehead atoms. The van der Waals surface area contributed by atoms with Crippen molar-refractivity contribution in [3.63, 3.8) is 0 Å². The molecule has 0 spiro atoms. The highest BCUT2D eigenvalue weighted by Crippen LogP contribution is 2.26. The summed E-state index contributed by atoms with van der Waals surface area (Å²) in [7, 11) is 0. The zero-order valence-corrected chi connectivity index (χ0v) is 10.3. The number of hydrogen-bond donors (Lipinski definition) is 2. The summed E-state index contributed by atoms with van der Waals surface area (Å²) in [4.78, 5) is 19.7. The van der Waals surface area contributed by atoms with Gasteiger partial charge in [-0.25, -0.2) is 9.97 Å². The first kappa shape index (κ1) is 11.8. The zero-order chi connectivity index (χ0) is 12.6. The fourth-order valence-corrected chi connectivity index (χ4v) is 1.95. The van der Waals surface area contributed by atoms with Crippen LogP contribution in [0.1, 0.15) is 42.6 Å². The summed E-state index contributed by atoms with van der Waals surface area (Å²) < 4.78 is 0. The minimum atomic E-state index is -0.845. The van der Waals surface area contributed by atoms with E-state index in [1.54, 1.807) is 6.92 Å². The van der Waals surface area contributed by atoms with Gasteiger partial charge < -0.3 is 10.4 Å². The second-order valence-electron chi connectivity index (χ2n) is 4.61. The second-order valence-corrected chi connectivity index (χ2v) is 4.61. The van der Waals surface area contributed by atoms with Crippen LogP contribution in [-0.4, -0.2) is 27.1 Å². The summed E-state index contributed by atoms with van der Waals surface area (Å²) in [5, 5.41) is 12.3. The molecule has 1 unspecified atom stereocenters. The maximum absolute atomic E-state index is 11.0. The molecule has 1 aromatic heterocycles. The lowest BCUT2D eigenvalue weighted by molar-refractivity contribution is -0.138. The third kappa shape index (κ3) is 2.54. The van der Waals surface area contributed by atoms with Gasteiger partial charge in [-0.1, -0.05) is 0 Å². The number of rotatable bonds is 4. The molecule has 1 heterocycles. The Morgan fingerprint density at radius 3 is 2.29 bits per heavy atom. The van der Waals surface area contributed by atoms with E-state index in [4.69, 9.17) is 5.11 Å². The van der Waals surface area contributed by atoms with Crippen molar-refractivity contribution in [2.75, 3.05) is 5.32 Å². The first-order valence-corrected chi connectivity index (χ1v) is 5.83. The lowest BCUT2D eigenvalue weighted by atomic mass is 9.98. The molecule has 92 valence electrons. The van der Waals surface area contributed by atoms with Crippen molar-refractivity contribution >= 4 is 11.9 Å². The molecule has 5 heteroatoms. The molecular formula is C12H17N3O2. The summed E-state index contributed by atoms with van der Waals surface area (Å²) in [6, 6.07) is 0.497. The summed E-state index contributed by atoms with van der Waals surface area (Å²) >= 11 is 0. The standard InChI is InChI=1S/C12H17N3O2/c1-6(11(16)17)10-7(2)13-12(14-8(10)3)15-9-4-5-9/h6,9H,4-5H2,1-3H3,(H,16,17)(H,13,14,15). The number of anilines is 1. The van der Waals surface area contributed by atoms with Crippen molar-refractivity contribution in [2.45, 2.75) is 45.6 Å². The van der Waals surface area contributed by atoms with Crippen LogP contribution in [0.2, 0.25) is 0 Å². The first-order valence-electron chi connectivity index (χ1n) is 5.83. The zero-order valence-electron chi connectivity index (χ0n) is 10.3. The third-order valence-electron chi connectivity index (χ3n) is 3.04. The van der Waals surface area contributed by atoms with E-state index in [2.05, 4.69) is 15.3 Å². The molecule has 0 aliphatic heterocycles. The predicted molar refractivity (Wildman–Crippen MR) is 64.2 cm³/mol. The lowest BCUT2D eigenvalue weighted by Gasteiger charge is -2.14. The molecular weight excluding hydrogens is 218 g/mol. The Labute approximate surface area is 100 Å². The van der Waals surface area contributed by atoms with Crippen molar-refractivity contribution in [3.05, 3.63) is 17.0 Å². The normalized spacial score (nSPS) is 16.6. The highest BCUT2D eigenvalue weighted by Gasteiger charge is 2.24. The highest BCUT2D eigenvalue weighted by molar-refractivity contribution is 5.76. The molecule has 1 fully saturated rings. The largest absolute Gasteiger partial charge is 0.481 e. The van der Waals surface area contributed by atoms with Gasteiger partial charge >= 0.3 is 5.97 Å². The van der Waals surface area contributed by atoms with Crippen LogP contribution in [0.4, 0.5) is 5.95 Å². The molecule has 0 radical (unpaired) electrons. The average Bonchev–Trinajstić information content (AvgIpc) is 3.00. The Balaban J connectivity index is 2.30. The van der Waals surface area contributed by atoms with Gasteiger partial charge in [0.15, 0.2) is 0 Å². The molecule has 1 atom stereocenters. The van der Waals surface area contributed by atoms with E-state index >= 15 is 0 Å². The fourth-order valence-electron chi connectivity index (χ4n) is 1.95. The van der Waals surface area contributed by atoms with Gasteiger partial charge in [-0.05, 0) is 33.6 Å². The van der Waals surface area contributed by atoms with E-state index < -0.39 is 11.9 Å². The van der Waals surface area contributed by atoms with Crippen LogP contribution in [0.15, 0.2) is 0 Å². The minimum Gasteiger partial charge on any atom is -0.481 e. The first-order chi connectivity index (χ1) is 7.99. The van der Waals surface area contributed by atoms with E-state index in [0.717, 1.165) is 29.8 Å². The van der Waals surface area contributed by atoms with Crippen molar-refractivity contribution in [2.24, 2.45) is 0 Å². The van der Waals surface area contributed by atoms with Gasteiger partial charge in [0.05, 0.1) is 5.92 Å². The topological polar surface area (TPSA) is 75.1 Å². The Hall–Kier alpha value is -1.65. The lowest BCUT2D eigenvalue weighted by Crippen LogP contribution is -2.15. The second kappa shape index (κ2) is 4.31. The summed E-state index contributed by atoms with van der Waals surface area (Å²) in [6.07, 6.45) is 2.32. The number of hydrogen-bond acceptors (Lipinski definition) is 4. The number of carboxylic acids is 1. The summed E-state index contributed by atoms with van der Waals surface area (Å²) in [6.45, 7) is 5.33. The molecule has 1 aliphatic rings. The Morgan fingerprint density at radius 2 is 1.88 bits per heavy atom. The smallest absolute Gasteiger partial charge is 0.310 e. The van der Waals surface area contributed by atoms with Gasteiger partial charge in [-0.2, -0.15) is 0 Å². The number of carbonyl (C=O) groups is 1. The fraction of sp³-hybridized carbons (Fsp3) is 0.583. The Morgan fingerprint density at radius 1 is 1.35 bits per heavy atom. The van der Waals surface area contributed by atoms with Crippen LogP contribution >= 0.6 is 0 Å². The highest BCUT2D eigenvalue weighted by atomic mass is 16.4. The number of nitrogens with one attached hydrogen (secondary N) is 1. The molecule has 17 heavy (non-hydrogen) atoms. The maximum atomic E-state index is 11.0. The Kier molecular flexibility index (Phi) is 3.00. The van der Waals surface area contributed by atoms with Crippen LogP contribution in [0, 0.1) is 13.8 Å². The number of aryl methyl sites for hydroxylation is 2. The molecule has 1 aliphatic carbocycles. The van der Waals surface area contributed by atoms with Crippen molar-refractivity contribution in [1.82, 2.24) is 9.97 Å². The van der Waals surface area contributed by atoms with E-state index in [-0.39, 0.29) is 0 Å². The molecule has 1 saturated carbocycles. The van der Waals surface area contributed by atoms with Gasteiger partial charge in [-0.3, -0.25) is 4.79 Å². The van der Waals surface area contributed by atoms with Gasteiger partial charge in [0.2, 0.25) is 5.95 Å². The van der Waals surface area contributed by atoms with E-state index in [0.29, 0.717) is 12.0 Å². The molecule has 2 N–H and O–H groups in total. The van der Waals surface area contributed by atoms with Gasteiger partial charge in [0.1, 0.15) is 0 Å². The molecule has 2 rings (SSSR count). The Bertz CT molecular complexity index is 432. The summed E-state index contributed by atoms with van der Waals surface area (Å²) in [5.41, 5.74) is 2.21. The van der Waals surface area contributed by atoms with Gasteiger partial charge in [0.25, 0.3) is 0 Å². The predicted octanol–water partition coefficient (Wildman–Crippen LogP) is 1.86. The SMILES string of the molecule is Cc1nc(NC2CC2)nc(C)c1C(C)C(=O)O. The monoisotopic (exact) mass is 235 g/mol. The molecule has 0 saturated heterocycles. The van der Waals surface area contributed by atoms with E-state index in [9.17, 15) is 4.79 Å². The van der Waals surface area contributed by atoms with Gasteiger partial charge in [-0.15, -0.1) is 0 Å². The maximum Gasteiger partial charge on any atom is 0.310 e. The molecule has 5 nitrogen and oxygen atoms in total. The number of aliphatic carboxylic acids is 1. The van der Waals surface area contributed by atoms with Crippen LogP contribution in [0.25, 0.3) is 0 Å². The van der Waals surface area contributed by atoms with Crippen molar-refractivity contribution in [3.8, 4) is 0 Å². The van der Waals surface area contributed by atoms with Crippen molar-refractivity contribution in [1.29, 1.82) is 0 Å². The number of nitrogens with zero attached hydrogens (tertiary/aromatic N) is 2. The van der Waals surface area contributed by atoms with Crippen LogP contribution in [0.5, 0.6) is 0 Å². The molecule has 0 amide bonds.